The second-order valence-corrected chi connectivity index (χ2v) is 6.29. The summed E-state index contributed by atoms with van der Waals surface area (Å²) >= 11 is 0. The molecule has 0 spiro atoms. The van der Waals surface area contributed by atoms with Crippen LogP contribution >= 0.6 is 0 Å². The van der Waals surface area contributed by atoms with Crippen LogP contribution in [-0.2, 0) is 6.54 Å². The maximum atomic E-state index is 12.5. The fourth-order valence-electron chi connectivity index (χ4n) is 3.63. The number of nitrogens with one attached hydrogen (secondary N) is 1. The largest absolute Gasteiger partial charge is 0.344 e. The Morgan fingerprint density at radius 2 is 2.05 bits per heavy atom. The number of hydrogen-bond donors (Lipinski definition) is 1. The Morgan fingerprint density at radius 3 is 2.91 bits per heavy atom. The Bertz CT molecular complexity index is 668. The zero-order chi connectivity index (χ0) is 14.9. The van der Waals surface area contributed by atoms with Crippen LogP contribution in [0.5, 0.6) is 0 Å². The Hall–Kier alpha value is -2.11. The lowest BCUT2D eigenvalue weighted by Gasteiger charge is -2.24. The van der Waals surface area contributed by atoms with Gasteiger partial charge in [0.05, 0.1) is 29.5 Å². The maximum Gasteiger partial charge on any atom is 0.255 e. The average molecular weight is 299 g/mol. The molecule has 1 N–H and O–H groups in total. The van der Waals surface area contributed by atoms with Gasteiger partial charge in [-0.2, -0.15) is 10.2 Å². The van der Waals surface area contributed by atoms with Crippen molar-refractivity contribution in [1.82, 2.24) is 24.9 Å². The van der Waals surface area contributed by atoms with Crippen molar-refractivity contribution >= 4 is 5.91 Å². The van der Waals surface area contributed by atoms with Gasteiger partial charge in [0.15, 0.2) is 0 Å². The molecule has 1 aliphatic heterocycles. The van der Waals surface area contributed by atoms with Crippen LogP contribution in [0.2, 0.25) is 0 Å². The van der Waals surface area contributed by atoms with Gasteiger partial charge in [0.25, 0.3) is 5.91 Å². The zero-order valence-electron chi connectivity index (χ0n) is 12.6. The van der Waals surface area contributed by atoms with Crippen molar-refractivity contribution in [1.29, 1.82) is 0 Å². The smallest absolute Gasteiger partial charge is 0.255 e. The number of fused-ring (bicyclic) bond motifs is 1. The number of aromatic nitrogens is 4. The summed E-state index contributed by atoms with van der Waals surface area (Å²) in [5.74, 6) is -0.0381. The van der Waals surface area contributed by atoms with Gasteiger partial charge in [0, 0.05) is 18.9 Å². The summed E-state index contributed by atoms with van der Waals surface area (Å²) in [4.78, 5) is 12.5. The number of amides is 1. The normalized spacial score (nSPS) is 21.7. The van der Waals surface area contributed by atoms with Gasteiger partial charge in [-0.25, -0.2) is 0 Å². The van der Waals surface area contributed by atoms with E-state index in [2.05, 4.69) is 15.5 Å². The summed E-state index contributed by atoms with van der Waals surface area (Å²) < 4.78 is 3.95. The van der Waals surface area contributed by atoms with Crippen LogP contribution in [-0.4, -0.2) is 25.5 Å². The van der Waals surface area contributed by atoms with E-state index in [9.17, 15) is 4.79 Å². The lowest BCUT2D eigenvalue weighted by Crippen LogP contribution is -2.32. The minimum Gasteiger partial charge on any atom is -0.344 e. The monoisotopic (exact) mass is 299 g/mol. The van der Waals surface area contributed by atoms with E-state index in [4.69, 9.17) is 0 Å². The van der Waals surface area contributed by atoms with Crippen molar-refractivity contribution in [2.45, 2.75) is 57.2 Å². The molecule has 0 radical (unpaired) electrons. The molecule has 22 heavy (non-hydrogen) atoms. The van der Waals surface area contributed by atoms with Crippen molar-refractivity contribution in [3.8, 4) is 0 Å². The van der Waals surface area contributed by atoms with Crippen molar-refractivity contribution < 1.29 is 4.79 Å². The first-order valence-electron chi connectivity index (χ1n) is 8.18. The molecule has 1 unspecified atom stereocenters. The number of carbonyl (C=O) groups is 1. The van der Waals surface area contributed by atoms with Crippen LogP contribution in [0.4, 0.5) is 0 Å². The molecule has 0 saturated heterocycles. The number of hydrogen-bond acceptors (Lipinski definition) is 3. The summed E-state index contributed by atoms with van der Waals surface area (Å²) in [6.45, 7) is 0.939. The predicted molar refractivity (Wildman–Crippen MR) is 81.4 cm³/mol. The molecule has 116 valence electrons. The molecule has 2 aromatic rings. The SMILES string of the molecule is O=C(NC1CCCn2nccc21)c1cnn(C2CCCC2)c1. The van der Waals surface area contributed by atoms with Gasteiger partial charge in [-0.1, -0.05) is 12.8 Å². The fourth-order valence-corrected chi connectivity index (χ4v) is 3.63. The van der Waals surface area contributed by atoms with Crippen LogP contribution in [0.25, 0.3) is 0 Å². The predicted octanol–water partition coefficient (Wildman–Crippen LogP) is 2.46. The Balaban J connectivity index is 1.47. The molecule has 0 bridgehead atoms. The molecule has 6 nitrogen and oxygen atoms in total. The first-order chi connectivity index (χ1) is 10.8. The van der Waals surface area contributed by atoms with Gasteiger partial charge in [0.2, 0.25) is 0 Å². The van der Waals surface area contributed by atoms with E-state index in [1.54, 1.807) is 12.4 Å². The highest BCUT2D eigenvalue weighted by atomic mass is 16.1. The van der Waals surface area contributed by atoms with Crippen molar-refractivity contribution in [3.63, 3.8) is 0 Å². The van der Waals surface area contributed by atoms with Gasteiger partial charge in [0.1, 0.15) is 0 Å². The van der Waals surface area contributed by atoms with Crippen LogP contribution in [0.3, 0.4) is 0 Å². The van der Waals surface area contributed by atoms with Crippen LogP contribution < -0.4 is 5.32 Å². The van der Waals surface area contributed by atoms with Crippen molar-refractivity contribution in [2.24, 2.45) is 0 Å². The lowest BCUT2D eigenvalue weighted by atomic mass is 10.0. The van der Waals surface area contributed by atoms with E-state index in [0.717, 1.165) is 25.1 Å². The van der Waals surface area contributed by atoms with E-state index in [1.165, 1.54) is 25.7 Å². The van der Waals surface area contributed by atoms with Crippen LogP contribution in [0.1, 0.15) is 66.7 Å². The molecule has 2 aliphatic rings. The van der Waals surface area contributed by atoms with Crippen molar-refractivity contribution in [3.05, 3.63) is 35.9 Å². The lowest BCUT2D eigenvalue weighted by molar-refractivity contribution is 0.0928. The van der Waals surface area contributed by atoms with Gasteiger partial charge in [-0.3, -0.25) is 14.2 Å². The van der Waals surface area contributed by atoms with Crippen LogP contribution in [0, 0.1) is 0 Å². The topological polar surface area (TPSA) is 64.7 Å². The second kappa shape index (κ2) is 5.59. The molecule has 3 heterocycles. The van der Waals surface area contributed by atoms with Gasteiger partial charge >= 0.3 is 0 Å². The highest BCUT2D eigenvalue weighted by molar-refractivity contribution is 5.93. The molecule has 6 heteroatoms. The summed E-state index contributed by atoms with van der Waals surface area (Å²) in [5, 5.41) is 11.8. The Labute approximate surface area is 129 Å². The van der Waals surface area contributed by atoms with E-state index in [-0.39, 0.29) is 11.9 Å². The van der Waals surface area contributed by atoms with Crippen LogP contribution in [0.15, 0.2) is 24.7 Å². The summed E-state index contributed by atoms with van der Waals surface area (Å²) in [6.07, 6.45) is 12.3. The quantitative estimate of drug-likeness (QED) is 0.947. The fraction of sp³-hybridized carbons (Fsp3) is 0.562. The average Bonchev–Trinajstić information content (AvgIpc) is 3.27. The Kier molecular flexibility index (Phi) is 3.44. The van der Waals surface area contributed by atoms with E-state index >= 15 is 0 Å². The molecule has 1 fully saturated rings. The number of carbonyl (C=O) groups excluding carboxylic acids is 1. The molecule has 1 aliphatic carbocycles. The summed E-state index contributed by atoms with van der Waals surface area (Å²) in [6, 6.07) is 2.52. The molecule has 1 atom stereocenters. The van der Waals surface area contributed by atoms with E-state index < -0.39 is 0 Å². The molecular weight excluding hydrogens is 278 g/mol. The Morgan fingerprint density at radius 1 is 1.18 bits per heavy atom. The number of nitrogens with zero attached hydrogens (tertiary/aromatic N) is 4. The first kappa shape index (κ1) is 13.5. The minimum atomic E-state index is -0.0381. The second-order valence-electron chi connectivity index (χ2n) is 6.29. The summed E-state index contributed by atoms with van der Waals surface area (Å²) in [7, 11) is 0. The highest BCUT2D eigenvalue weighted by Gasteiger charge is 2.24. The molecule has 1 saturated carbocycles. The maximum absolute atomic E-state index is 12.5. The number of aryl methyl sites for hydroxylation is 1. The minimum absolute atomic E-state index is 0.0381. The molecular formula is C16H21N5O. The standard InChI is InChI=1S/C16H21N5O/c22-16(12-10-18-21(11-12)13-4-1-2-5-13)19-14-6-3-9-20-15(14)7-8-17-20/h7-8,10-11,13-14H,1-6,9H2,(H,19,22). The molecule has 2 aromatic heterocycles. The molecule has 1 amide bonds. The summed E-state index contributed by atoms with van der Waals surface area (Å²) in [5.41, 5.74) is 1.76. The molecule has 0 aromatic carbocycles. The van der Waals surface area contributed by atoms with Gasteiger partial charge in [-0.05, 0) is 31.7 Å². The third-order valence-electron chi connectivity index (χ3n) is 4.84. The van der Waals surface area contributed by atoms with E-state index in [1.807, 2.05) is 21.6 Å². The zero-order valence-corrected chi connectivity index (χ0v) is 12.6. The third kappa shape index (κ3) is 2.42. The molecule has 4 rings (SSSR count). The van der Waals surface area contributed by atoms with E-state index in [0.29, 0.717) is 11.6 Å². The first-order valence-corrected chi connectivity index (χ1v) is 8.18. The van der Waals surface area contributed by atoms with Gasteiger partial charge in [-0.15, -0.1) is 0 Å². The highest BCUT2D eigenvalue weighted by Crippen LogP contribution is 2.29. The third-order valence-corrected chi connectivity index (χ3v) is 4.84. The number of rotatable bonds is 3. The van der Waals surface area contributed by atoms with Crippen molar-refractivity contribution in [2.75, 3.05) is 0 Å². The van der Waals surface area contributed by atoms with Gasteiger partial charge < -0.3 is 5.32 Å².